The van der Waals surface area contributed by atoms with Crippen LogP contribution in [0.3, 0.4) is 0 Å². The third kappa shape index (κ3) is 2.50. The van der Waals surface area contributed by atoms with Crippen LogP contribution in [0, 0.1) is 11.8 Å². The molecule has 1 N–H and O–H groups in total. The summed E-state index contributed by atoms with van der Waals surface area (Å²) in [6, 6.07) is 7.97. The number of nitrogens with one attached hydrogen (secondary N) is 1. The van der Waals surface area contributed by atoms with E-state index in [1.165, 1.54) is 6.42 Å². The number of pyridine rings is 1. The Morgan fingerprint density at radius 1 is 1.42 bits per heavy atom. The second kappa shape index (κ2) is 6.19. The van der Waals surface area contributed by atoms with Gasteiger partial charge in [0.15, 0.2) is 0 Å². The maximum absolute atomic E-state index is 8.96. The van der Waals surface area contributed by atoms with E-state index in [-0.39, 0.29) is 12.1 Å². The van der Waals surface area contributed by atoms with Crippen LogP contribution in [0.25, 0.3) is 10.9 Å². The number of fused-ring (bicyclic) bond motifs is 4. The molecule has 2 bridgehead atoms. The Bertz CT molecular complexity index is 760. The molecule has 2 aromatic rings. The van der Waals surface area contributed by atoms with Crippen molar-refractivity contribution < 1.29 is 4.74 Å². The van der Waals surface area contributed by atoms with Gasteiger partial charge >= 0.3 is 0 Å². The molecule has 3 aliphatic heterocycles. The van der Waals surface area contributed by atoms with Crippen molar-refractivity contribution in [3.05, 3.63) is 48.7 Å². The number of aromatic nitrogens is 1. The van der Waals surface area contributed by atoms with E-state index in [0.29, 0.717) is 11.8 Å². The molecular formula is C20H24N3O. The van der Waals surface area contributed by atoms with Gasteiger partial charge in [-0.3, -0.25) is 9.88 Å². The highest BCUT2D eigenvalue weighted by molar-refractivity contribution is 5.84. The van der Waals surface area contributed by atoms with Crippen LogP contribution >= 0.6 is 0 Å². The zero-order chi connectivity index (χ0) is 16.7. The van der Waals surface area contributed by atoms with Crippen LogP contribution in [0.1, 0.15) is 24.4 Å². The molecule has 4 heterocycles. The Labute approximate surface area is 143 Å². The molecular weight excluding hydrogens is 298 g/mol. The van der Waals surface area contributed by atoms with Gasteiger partial charge in [0.25, 0.3) is 0 Å². The molecule has 3 fully saturated rings. The predicted octanol–water partition coefficient (Wildman–Crippen LogP) is 3.46. The highest BCUT2D eigenvalue weighted by Gasteiger charge is 2.41. The molecule has 4 heteroatoms. The Morgan fingerprint density at radius 2 is 2.29 bits per heavy atom. The number of ether oxygens (including phenoxy) is 1. The summed E-state index contributed by atoms with van der Waals surface area (Å²) in [7, 11) is 1.68. The summed E-state index contributed by atoms with van der Waals surface area (Å²) in [6.45, 7) is 6.16. The molecule has 0 aliphatic carbocycles. The highest BCUT2D eigenvalue weighted by atomic mass is 16.5. The van der Waals surface area contributed by atoms with E-state index in [4.69, 9.17) is 10.5 Å². The normalized spacial score (nSPS) is 30.2. The molecule has 5 atom stereocenters. The minimum Gasteiger partial charge on any atom is -0.497 e. The molecule has 0 saturated carbocycles. The molecule has 4 nitrogen and oxygen atoms in total. The molecule has 3 saturated heterocycles. The first-order valence-corrected chi connectivity index (χ1v) is 8.71. The molecule has 24 heavy (non-hydrogen) atoms. The van der Waals surface area contributed by atoms with Gasteiger partial charge in [-0.15, -0.1) is 6.58 Å². The standard InChI is InChI=1S/C20H24N3O/c1-3-13-12-23-9-7-14(13)10-19(23)20(21)16-6-8-22-18-5-4-15(24-2)11-17(16)18/h3-6,8,11,13-14,19-21H,1,7,9-10,12H2,2H3/t13?,14?,19-,20-/m0/s1. The Hall–Kier alpha value is -1.91. The summed E-state index contributed by atoms with van der Waals surface area (Å²) < 4.78 is 5.37. The van der Waals surface area contributed by atoms with Gasteiger partial charge in [0, 0.05) is 24.2 Å². The number of hydrogen-bond donors (Lipinski definition) is 0. The molecule has 1 aromatic carbocycles. The molecule has 0 amide bonds. The number of rotatable bonds is 4. The fourth-order valence-electron chi connectivity index (χ4n) is 4.48. The van der Waals surface area contributed by atoms with Crippen molar-refractivity contribution in [1.82, 2.24) is 15.6 Å². The maximum atomic E-state index is 8.96. The van der Waals surface area contributed by atoms with E-state index in [1.807, 2.05) is 30.5 Å². The number of methoxy groups -OCH3 is 1. The molecule has 1 radical (unpaired) electrons. The van der Waals surface area contributed by atoms with Crippen LogP contribution in [-0.2, 0) is 0 Å². The summed E-state index contributed by atoms with van der Waals surface area (Å²) >= 11 is 0. The second-order valence-electron chi connectivity index (χ2n) is 7.01. The minimum absolute atomic E-state index is 0.254. The van der Waals surface area contributed by atoms with E-state index in [1.54, 1.807) is 7.11 Å². The summed E-state index contributed by atoms with van der Waals surface area (Å²) in [6.07, 6.45) is 6.27. The van der Waals surface area contributed by atoms with Gasteiger partial charge in [0.2, 0.25) is 0 Å². The summed E-state index contributed by atoms with van der Waals surface area (Å²) in [5.74, 6) is 2.10. The van der Waals surface area contributed by atoms with Crippen LogP contribution in [0.4, 0.5) is 0 Å². The Balaban J connectivity index is 1.69. The van der Waals surface area contributed by atoms with E-state index in [9.17, 15) is 0 Å². The lowest BCUT2D eigenvalue weighted by atomic mass is 9.73. The fourth-order valence-corrected chi connectivity index (χ4v) is 4.48. The number of piperidine rings is 3. The smallest absolute Gasteiger partial charge is 0.119 e. The maximum Gasteiger partial charge on any atom is 0.119 e. The van der Waals surface area contributed by atoms with Crippen LogP contribution in [0.15, 0.2) is 43.1 Å². The van der Waals surface area contributed by atoms with Gasteiger partial charge < -0.3 is 4.74 Å². The first kappa shape index (κ1) is 15.6. The summed E-state index contributed by atoms with van der Waals surface area (Å²) in [5.41, 5.74) is 11.0. The lowest BCUT2D eigenvalue weighted by molar-refractivity contribution is 0.00635. The van der Waals surface area contributed by atoms with Gasteiger partial charge in [-0.1, -0.05) is 6.08 Å². The number of benzene rings is 1. The first-order valence-electron chi connectivity index (χ1n) is 8.71. The molecule has 125 valence electrons. The third-order valence-corrected chi connectivity index (χ3v) is 5.86. The third-order valence-electron chi connectivity index (χ3n) is 5.86. The predicted molar refractivity (Wildman–Crippen MR) is 95.9 cm³/mol. The van der Waals surface area contributed by atoms with Crippen molar-refractivity contribution in [1.29, 1.82) is 0 Å². The van der Waals surface area contributed by atoms with E-state index >= 15 is 0 Å². The van der Waals surface area contributed by atoms with Crippen LogP contribution in [-0.4, -0.2) is 36.1 Å². The van der Waals surface area contributed by atoms with Gasteiger partial charge in [0.05, 0.1) is 18.7 Å². The topological polar surface area (TPSA) is 49.2 Å². The molecule has 0 spiro atoms. The van der Waals surface area contributed by atoms with Crippen molar-refractivity contribution in [2.24, 2.45) is 11.8 Å². The lowest BCUT2D eigenvalue weighted by Gasteiger charge is -2.50. The fraction of sp³-hybridized carbons (Fsp3) is 0.450. The molecule has 3 unspecified atom stereocenters. The van der Waals surface area contributed by atoms with Crippen molar-refractivity contribution in [3.63, 3.8) is 0 Å². The number of hydrogen-bond acceptors (Lipinski definition) is 3. The van der Waals surface area contributed by atoms with Crippen molar-refractivity contribution in [3.8, 4) is 5.75 Å². The van der Waals surface area contributed by atoms with Crippen molar-refractivity contribution in [2.45, 2.75) is 24.9 Å². The first-order chi connectivity index (χ1) is 11.7. The largest absolute Gasteiger partial charge is 0.497 e. The summed E-state index contributed by atoms with van der Waals surface area (Å²) in [4.78, 5) is 6.95. The molecule has 1 aromatic heterocycles. The van der Waals surface area contributed by atoms with E-state index in [0.717, 1.165) is 41.7 Å². The van der Waals surface area contributed by atoms with E-state index in [2.05, 4.69) is 22.5 Å². The van der Waals surface area contributed by atoms with Gasteiger partial charge in [0.1, 0.15) is 5.75 Å². The van der Waals surface area contributed by atoms with Crippen LogP contribution < -0.4 is 10.5 Å². The quantitative estimate of drug-likeness (QED) is 0.810. The van der Waals surface area contributed by atoms with Crippen LogP contribution in [0.2, 0.25) is 0 Å². The lowest BCUT2D eigenvalue weighted by Crippen LogP contribution is -2.55. The average molecular weight is 322 g/mol. The van der Waals surface area contributed by atoms with Gasteiger partial charge in [-0.2, -0.15) is 0 Å². The Kier molecular flexibility index (Phi) is 4.02. The van der Waals surface area contributed by atoms with Crippen molar-refractivity contribution >= 4 is 10.9 Å². The number of nitrogens with zero attached hydrogens (tertiary/aromatic N) is 2. The van der Waals surface area contributed by atoms with Gasteiger partial charge in [-0.25, -0.2) is 5.73 Å². The van der Waals surface area contributed by atoms with Crippen LogP contribution in [0.5, 0.6) is 5.75 Å². The monoisotopic (exact) mass is 322 g/mol. The minimum atomic E-state index is -0.254. The molecule has 3 aliphatic rings. The van der Waals surface area contributed by atoms with Crippen molar-refractivity contribution in [2.75, 3.05) is 20.2 Å². The van der Waals surface area contributed by atoms with E-state index < -0.39 is 0 Å². The highest BCUT2D eigenvalue weighted by Crippen LogP contribution is 2.41. The SMILES string of the molecule is C=CC1CN2CCC1C[C@H]2[C@@H]([NH])c1ccnc2ccc(OC)cc12. The second-order valence-corrected chi connectivity index (χ2v) is 7.01. The zero-order valence-electron chi connectivity index (χ0n) is 14.1. The zero-order valence-corrected chi connectivity index (χ0v) is 14.1. The van der Waals surface area contributed by atoms with Gasteiger partial charge in [-0.05, 0) is 61.1 Å². The Morgan fingerprint density at radius 3 is 3.00 bits per heavy atom. The average Bonchev–Trinajstić information content (AvgIpc) is 2.66. The summed E-state index contributed by atoms with van der Waals surface area (Å²) in [5, 5.41) is 1.04. The molecule has 5 rings (SSSR count).